The highest BCUT2D eigenvalue weighted by atomic mass is 32.2. The average Bonchev–Trinajstić information content (AvgIpc) is 2.43. The van der Waals surface area contributed by atoms with Gasteiger partial charge >= 0.3 is 5.97 Å². The van der Waals surface area contributed by atoms with Gasteiger partial charge in [-0.25, -0.2) is 4.40 Å². The predicted octanol–water partition coefficient (Wildman–Crippen LogP) is 3.96. The molecule has 20 heavy (non-hydrogen) atoms. The molecule has 0 N–H and O–H groups in total. The Labute approximate surface area is 125 Å². The van der Waals surface area contributed by atoms with Gasteiger partial charge in [-0.2, -0.15) is 9.66 Å². The molecule has 0 saturated heterocycles. The van der Waals surface area contributed by atoms with E-state index in [2.05, 4.69) is 28.5 Å². The molecule has 0 aromatic heterocycles. The highest BCUT2D eigenvalue weighted by Gasteiger charge is 2.23. The first kappa shape index (κ1) is 18.7. The van der Waals surface area contributed by atoms with Crippen molar-refractivity contribution in [2.24, 2.45) is 20.6 Å². The number of ether oxygens (including phenoxy) is 1. The molecule has 0 aliphatic carbocycles. The first-order chi connectivity index (χ1) is 9.54. The number of nitrogens with zero attached hydrogens (tertiary/aromatic N) is 3. The van der Waals surface area contributed by atoms with E-state index in [1.54, 1.807) is 6.92 Å². The van der Waals surface area contributed by atoms with E-state index in [4.69, 9.17) is 10.00 Å². The standard InChI is InChI=1S/C14H23N3O2S/c1-5-6-7-8-13(9-11(2)10-15)14(18)19-12(3)17-20-16-4/h11,13H,4-9H2,1-3H3/b17-12-. The van der Waals surface area contributed by atoms with Gasteiger partial charge in [-0.3, -0.25) is 4.79 Å². The molecule has 0 aromatic carbocycles. The lowest BCUT2D eigenvalue weighted by molar-refractivity contribution is -0.140. The van der Waals surface area contributed by atoms with Crippen molar-refractivity contribution in [3.05, 3.63) is 0 Å². The lowest BCUT2D eigenvalue weighted by Gasteiger charge is -2.16. The molecule has 5 nitrogen and oxygen atoms in total. The number of nitriles is 1. The average molecular weight is 297 g/mol. The van der Waals surface area contributed by atoms with Crippen LogP contribution in [-0.2, 0) is 9.53 Å². The smallest absolute Gasteiger partial charge is 0.315 e. The van der Waals surface area contributed by atoms with E-state index in [1.165, 1.54) is 0 Å². The Kier molecular flexibility index (Phi) is 10.7. The van der Waals surface area contributed by atoms with Crippen LogP contribution in [0, 0.1) is 23.2 Å². The summed E-state index contributed by atoms with van der Waals surface area (Å²) in [6.45, 7) is 8.81. The van der Waals surface area contributed by atoms with Crippen LogP contribution in [0.4, 0.5) is 0 Å². The molecule has 0 heterocycles. The molecule has 0 bridgehead atoms. The molecule has 0 spiro atoms. The minimum absolute atomic E-state index is 0.157. The van der Waals surface area contributed by atoms with Crippen molar-refractivity contribution in [1.29, 1.82) is 5.26 Å². The first-order valence-electron chi connectivity index (χ1n) is 6.83. The van der Waals surface area contributed by atoms with Gasteiger partial charge in [-0.15, -0.1) is 0 Å². The zero-order chi connectivity index (χ0) is 15.4. The molecule has 112 valence electrons. The summed E-state index contributed by atoms with van der Waals surface area (Å²) in [7, 11) is 0. The third-order valence-electron chi connectivity index (χ3n) is 2.82. The second kappa shape index (κ2) is 11.5. The Balaban J connectivity index is 4.53. The largest absolute Gasteiger partial charge is 0.411 e. The molecule has 0 saturated carbocycles. The van der Waals surface area contributed by atoms with Crippen molar-refractivity contribution in [2.75, 3.05) is 0 Å². The molecule has 0 rings (SSSR count). The van der Waals surface area contributed by atoms with Crippen molar-refractivity contribution >= 4 is 30.7 Å². The maximum Gasteiger partial charge on any atom is 0.315 e. The van der Waals surface area contributed by atoms with Crippen molar-refractivity contribution in [3.8, 4) is 6.07 Å². The van der Waals surface area contributed by atoms with E-state index in [0.717, 1.165) is 37.8 Å². The zero-order valence-corrected chi connectivity index (χ0v) is 13.3. The fourth-order valence-electron chi connectivity index (χ4n) is 1.79. The predicted molar refractivity (Wildman–Crippen MR) is 83.4 cm³/mol. The Hall–Kier alpha value is -1.35. The highest BCUT2D eigenvalue weighted by molar-refractivity contribution is 7.96. The number of carbonyl (C=O) groups is 1. The number of unbranched alkanes of at least 4 members (excludes halogenated alkanes) is 2. The van der Waals surface area contributed by atoms with E-state index in [1.807, 2.05) is 6.92 Å². The van der Waals surface area contributed by atoms with E-state index in [0.29, 0.717) is 6.42 Å². The van der Waals surface area contributed by atoms with Crippen LogP contribution in [0.15, 0.2) is 8.80 Å². The topological polar surface area (TPSA) is 74.8 Å². The van der Waals surface area contributed by atoms with Gasteiger partial charge in [0.2, 0.25) is 5.90 Å². The summed E-state index contributed by atoms with van der Waals surface area (Å²) in [5, 5.41) is 8.89. The highest BCUT2D eigenvalue weighted by Crippen LogP contribution is 2.20. The summed E-state index contributed by atoms with van der Waals surface area (Å²) < 4.78 is 12.5. The van der Waals surface area contributed by atoms with Crippen molar-refractivity contribution in [2.45, 2.75) is 52.9 Å². The van der Waals surface area contributed by atoms with Crippen LogP contribution in [0.5, 0.6) is 0 Å². The molecule has 0 aliphatic heterocycles. The van der Waals surface area contributed by atoms with Gasteiger partial charge in [-0.05, 0) is 19.8 Å². The van der Waals surface area contributed by atoms with Gasteiger partial charge < -0.3 is 4.74 Å². The number of hydrogen-bond acceptors (Lipinski definition) is 6. The maximum atomic E-state index is 12.1. The minimum Gasteiger partial charge on any atom is -0.411 e. The summed E-state index contributed by atoms with van der Waals surface area (Å²) in [4.78, 5) is 12.1. The molecule has 2 unspecified atom stereocenters. The fraction of sp³-hybridized carbons (Fsp3) is 0.714. The Morgan fingerprint density at radius 2 is 2.20 bits per heavy atom. The second-order valence-corrected chi connectivity index (χ2v) is 5.30. The van der Waals surface area contributed by atoms with Gasteiger partial charge in [0.1, 0.15) is 12.1 Å². The Morgan fingerprint density at radius 1 is 1.50 bits per heavy atom. The summed E-state index contributed by atoms with van der Waals surface area (Å²) >= 11 is 0.882. The van der Waals surface area contributed by atoms with Gasteiger partial charge in [0.25, 0.3) is 0 Å². The monoisotopic (exact) mass is 297 g/mol. The summed E-state index contributed by atoms with van der Waals surface area (Å²) in [6, 6.07) is 2.16. The summed E-state index contributed by atoms with van der Waals surface area (Å²) in [5.41, 5.74) is 0. The molecule has 0 aliphatic rings. The van der Waals surface area contributed by atoms with Crippen LogP contribution in [0.1, 0.15) is 52.9 Å². The van der Waals surface area contributed by atoms with Crippen molar-refractivity contribution < 1.29 is 9.53 Å². The molecular weight excluding hydrogens is 274 g/mol. The summed E-state index contributed by atoms with van der Waals surface area (Å²) in [6.07, 6.45) is 4.41. The van der Waals surface area contributed by atoms with E-state index >= 15 is 0 Å². The van der Waals surface area contributed by atoms with Gasteiger partial charge in [0, 0.05) is 19.6 Å². The van der Waals surface area contributed by atoms with Crippen molar-refractivity contribution in [1.82, 2.24) is 0 Å². The van der Waals surface area contributed by atoms with Crippen LogP contribution in [-0.4, -0.2) is 18.6 Å². The summed E-state index contributed by atoms with van der Waals surface area (Å²) in [5.74, 6) is -0.453. The molecule has 6 heteroatoms. The van der Waals surface area contributed by atoms with Gasteiger partial charge in [0.15, 0.2) is 0 Å². The molecule has 0 fully saturated rings. The Morgan fingerprint density at radius 3 is 2.75 bits per heavy atom. The number of esters is 1. The molecule has 0 aromatic rings. The Bertz CT molecular complexity index is 377. The van der Waals surface area contributed by atoms with Crippen LogP contribution < -0.4 is 0 Å². The van der Waals surface area contributed by atoms with Gasteiger partial charge in [0.05, 0.1) is 12.0 Å². The lowest BCUT2D eigenvalue weighted by Crippen LogP contribution is -2.22. The minimum atomic E-state index is -0.311. The molecule has 0 radical (unpaired) electrons. The molecule has 2 atom stereocenters. The van der Waals surface area contributed by atoms with Gasteiger partial charge in [-0.1, -0.05) is 26.2 Å². The molecule has 0 amide bonds. The van der Waals surface area contributed by atoms with Crippen molar-refractivity contribution in [3.63, 3.8) is 0 Å². The zero-order valence-electron chi connectivity index (χ0n) is 12.5. The first-order valence-corrected chi connectivity index (χ1v) is 7.56. The van der Waals surface area contributed by atoms with E-state index < -0.39 is 0 Å². The second-order valence-electron chi connectivity index (χ2n) is 4.70. The van der Waals surface area contributed by atoms with Crippen LogP contribution in [0.2, 0.25) is 0 Å². The normalized spacial score (nSPS) is 14.2. The third-order valence-corrected chi connectivity index (χ3v) is 3.28. The fourth-order valence-corrected chi connectivity index (χ4v) is 2.00. The quantitative estimate of drug-likeness (QED) is 0.212. The van der Waals surface area contributed by atoms with Crippen LogP contribution in [0.3, 0.4) is 0 Å². The lowest BCUT2D eigenvalue weighted by atomic mass is 9.92. The van der Waals surface area contributed by atoms with Crippen LogP contribution >= 0.6 is 12.1 Å². The van der Waals surface area contributed by atoms with E-state index in [9.17, 15) is 4.79 Å². The molecular formula is C14H23N3O2S. The van der Waals surface area contributed by atoms with E-state index in [-0.39, 0.29) is 23.7 Å². The third kappa shape index (κ3) is 8.70. The number of hydrogen-bond donors (Lipinski definition) is 0. The number of carbonyl (C=O) groups excluding carboxylic acids is 1. The van der Waals surface area contributed by atoms with Crippen LogP contribution in [0.25, 0.3) is 0 Å². The SMILES string of the molecule is C=NS/N=C(/C)OC(=O)C(CCCCC)CC(C)C#N. The maximum absolute atomic E-state index is 12.1. The number of rotatable bonds is 9.